The van der Waals surface area contributed by atoms with Crippen molar-refractivity contribution in [2.24, 2.45) is 11.7 Å². The van der Waals surface area contributed by atoms with Crippen molar-refractivity contribution >= 4 is 0 Å². The Hall–Kier alpha value is -0.120. The van der Waals surface area contributed by atoms with Gasteiger partial charge >= 0.3 is 0 Å². The van der Waals surface area contributed by atoms with Crippen LogP contribution in [-0.2, 0) is 4.74 Å². The fourth-order valence-electron chi connectivity index (χ4n) is 3.40. The van der Waals surface area contributed by atoms with Gasteiger partial charge in [-0.3, -0.25) is 4.90 Å². The van der Waals surface area contributed by atoms with Gasteiger partial charge < -0.3 is 10.5 Å². The normalized spacial score (nSPS) is 26.7. The summed E-state index contributed by atoms with van der Waals surface area (Å²) in [5.74, 6) is 0.769. The van der Waals surface area contributed by atoms with Crippen LogP contribution in [0.4, 0.5) is 0 Å². The minimum absolute atomic E-state index is 0.769. The topological polar surface area (TPSA) is 38.5 Å². The van der Waals surface area contributed by atoms with Crippen molar-refractivity contribution < 1.29 is 4.74 Å². The summed E-state index contributed by atoms with van der Waals surface area (Å²) in [4.78, 5) is 2.73. The van der Waals surface area contributed by atoms with Crippen LogP contribution in [0.2, 0.25) is 0 Å². The molecule has 1 unspecified atom stereocenters. The number of rotatable bonds is 6. The van der Waals surface area contributed by atoms with Crippen molar-refractivity contribution in [2.75, 3.05) is 32.8 Å². The third-order valence-corrected chi connectivity index (χ3v) is 4.51. The quantitative estimate of drug-likeness (QED) is 0.740. The Morgan fingerprint density at radius 2 is 1.83 bits per heavy atom. The number of hydrogen-bond acceptors (Lipinski definition) is 3. The lowest BCUT2D eigenvalue weighted by molar-refractivity contribution is 0.133. The lowest BCUT2D eigenvalue weighted by Gasteiger charge is -2.33. The fraction of sp³-hybridized carbons (Fsp3) is 1.00. The zero-order valence-electron chi connectivity index (χ0n) is 11.8. The molecule has 1 atom stereocenters. The molecule has 0 bridgehead atoms. The van der Waals surface area contributed by atoms with Gasteiger partial charge in [-0.05, 0) is 44.7 Å². The highest BCUT2D eigenvalue weighted by Gasteiger charge is 2.24. The monoisotopic (exact) mass is 254 g/mol. The van der Waals surface area contributed by atoms with Gasteiger partial charge in [-0.15, -0.1) is 0 Å². The Kier molecular flexibility index (Phi) is 6.46. The first-order chi connectivity index (χ1) is 8.90. The van der Waals surface area contributed by atoms with Gasteiger partial charge in [-0.2, -0.15) is 0 Å². The van der Waals surface area contributed by atoms with Crippen LogP contribution in [0.3, 0.4) is 0 Å². The van der Waals surface area contributed by atoms with Gasteiger partial charge in [-0.25, -0.2) is 0 Å². The van der Waals surface area contributed by atoms with Gasteiger partial charge in [-0.1, -0.05) is 25.7 Å². The van der Waals surface area contributed by atoms with Crippen LogP contribution >= 0.6 is 0 Å². The average molecular weight is 254 g/mol. The lowest BCUT2D eigenvalue weighted by Crippen LogP contribution is -2.40. The first-order valence-corrected chi connectivity index (χ1v) is 7.92. The molecule has 1 heterocycles. The second kappa shape index (κ2) is 8.13. The number of nitrogens with two attached hydrogens (primary N) is 1. The van der Waals surface area contributed by atoms with Crippen molar-refractivity contribution in [3.63, 3.8) is 0 Å². The van der Waals surface area contributed by atoms with Gasteiger partial charge in [0.15, 0.2) is 0 Å². The maximum Gasteiger partial charge on any atom is 0.0507 e. The molecular weight excluding hydrogens is 224 g/mol. The van der Waals surface area contributed by atoms with E-state index in [0.29, 0.717) is 0 Å². The fourth-order valence-corrected chi connectivity index (χ4v) is 3.40. The third-order valence-electron chi connectivity index (χ3n) is 4.51. The highest BCUT2D eigenvalue weighted by Crippen LogP contribution is 2.24. The summed E-state index contributed by atoms with van der Waals surface area (Å²) in [5, 5.41) is 0. The van der Waals surface area contributed by atoms with Crippen molar-refractivity contribution in [1.82, 2.24) is 4.90 Å². The number of nitrogens with zero attached hydrogens (tertiary/aromatic N) is 1. The minimum Gasteiger partial charge on any atom is -0.381 e. The van der Waals surface area contributed by atoms with Crippen molar-refractivity contribution in [2.45, 2.75) is 57.4 Å². The Labute approximate surface area is 112 Å². The Morgan fingerprint density at radius 1 is 1.06 bits per heavy atom. The van der Waals surface area contributed by atoms with Crippen LogP contribution in [0.15, 0.2) is 0 Å². The van der Waals surface area contributed by atoms with E-state index < -0.39 is 0 Å². The minimum atomic E-state index is 0.769. The van der Waals surface area contributed by atoms with E-state index in [4.69, 9.17) is 10.5 Å². The van der Waals surface area contributed by atoms with Gasteiger partial charge in [0.25, 0.3) is 0 Å². The summed E-state index contributed by atoms with van der Waals surface area (Å²) in [6.07, 6.45) is 10.9. The van der Waals surface area contributed by atoms with E-state index in [1.807, 2.05) is 0 Å². The average Bonchev–Trinajstić information content (AvgIpc) is 2.74. The van der Waals surface area contributed by atoms with E-state index in [0.717, 1.165) is 38.1 Å². The molecule has 1 aliphatic heterocycles. The molecule has 0 aromatic rings. The summed E-state index contributed by atoms with van der Waals surface area (Å²) in [6.45, 7) is 5.21. The Bertz CT molecular complexity index is 209. The second-order valence-electron chi connectivity index (χ2n) is 6.01. The molecule has 0 radical (unpaired) electrons. The molecule has 3 heteroatoms. The second-order valence-corrected chi connectivity index (χ2v) is 6.01. The van der Waals surface area contributed by atoms with Crippen molar-refractivity contribution in [3.8, 4) is 0 Å². The van der Waals surface area contributed by atoms with E-state index in [2.05, 4.69) is 4.90 Å². The van der Waals surface area contributed by atoms with E-state index in [9.17, 15) is 0 Å². The molecule has 1 saturated carbocycles. The molecule has 0 amide bonds. The van der Waals surface area contributed by atoms with Gasteiger partial charge in [0.1, 0.15) is 0 Å². The molecule has 1 saturated heterocycles. The van der Waals surface area contributed by atoms with E-state index in [1.54, 1.807) is 0 Å². The lowest BCUT2D eigenvalue weighted by atomic mass is 10.0. The smallest absolute Gasteiger partial charge is 0.0507 e. The molecule has 0 aromatic carbocycles. The first kappa shape index (κ1) is 14.3. The van der Waals surface area contributed by atoms with E-state index >= 15 is 0 Å². The summed E-state index contributed by atoms with van der Waals surface area (Å²) < 4.78 is 5.52. The van der Waals surface area contributed by atoms with Crippen molar-refractivity contribution in [3.05, 3.63) is 0 Å². The van der Waals surface area contributed by atoms with Crippen molar-refractivity contribution in [1.29, 1.82) is 0 Å². The molecule has 2 N–H and O–H groups in total. The molecule has 1 aliphatic carbocycles. The molecule has 3 nitrogen and oxygen atoms in total. The number of ether oxygens (including phenoxy) is 1. The summed E-state index contributed by atoms with van der Waals surface area (Å²) in [6, 6.07) is 0.819. The standard InChI is InChI=1S/C15H30N2O/c16-9-5-10-17(12-14-8-11-18-13-14)15-6-3-1-2-4-7-15/h14-15H,1-13,16H2. The highest BCUT2D eigenvalue weighted by molar-refractivity contribution is 4.78. The predicted octanol–water partition coefficient (Wildman–Crippen LogP) is 2.40. The van der Waals surface area contributed by atoms with Gasteiger partial charge in [0.05, 0.1) is 6.61 Å². The van der Waals surface area contributed by atoms with E-state index in [1.165, 1.54) is 58.0 Å². The summed E-state index contributed by atoms with van der Waals surface area (Å²) in [7, 11) is 0. The SMILES string of the molecule is NCCCN(CC1CCOC1)C1CCCCCC1. The van der Waals surface area contributed by atoms with Crippen LogP contribution in [0.5, 0.6) is 0 Å². The molecule has 18 heavy (non-hydrogen) atoms. The molecule has 2 rings (SSSR count). The molecule has 2 aliphatic rings. The third kappa shape index (κ3) is 4.52. The molecule has 0 spiro atoms. The zero-order chi connectivity index (χ0) is 12.6. The predicted molar refractivity (Wildman–Crippen MR) is 75.7 cm³/mol. The molecular formula is C15H30N2O. The van der Waals surface area contributed by atoms with Crippen LogP contribution in [0.25, 0.3) is 0 Å². The van der Waals surface area contributed by atoms with Crippen LogP contribution in [0.1, 0.15) is 51.4 Å². The molecule has 0 aromatic heterocycles. The van der Waals surface area contributed by atoms with E-state index in [-0.39, 0.29) is 0 Å². The van der Waals surface area contributed by atoms with Gasteiger partial charge in [0.2, 0.25) is 0 Å². The van der Waals surface area contributed by atoms with Gasteiger partial charge in [0, 0.05) is 19.2 Å². The molecule has 106 valence electrons. The Balaban J connectivity index is 1.84. The Morgan fingerprint density at radius 3 is 2.44 bits per heavy atom. The number of hydrogen-bond donors (Lipinski definition) is 1. The largest absolute Gasteiger partial charge is 0.381 e. The first-order valence-electron chi connectivity index (χ1n) is 7.92. The summed E-state index contributed by atoms with van der Waals surface area (Å²) >= 11 is 0. The maximum atomic E-state index is 5.69. The summed E-state index contributed by atoms with van der Waals surface area (Å²) in [5.41, 5.74) is 5.69. The zero-order valence-corrected chi connectivity index (χ0v) is 11.8. The maximum absolute atomic E-state index is 5.69. The van der Waals surface area contributed by atoms with Crippen LogP contribution in [0, 0.1) is 5.92 Å². The highest BCUT2D eigenvalue weighted by atomic mass is 16.5. The van der Waals surface area contributed by atoms with Crippen LogP contribution in [-0.4, -0.2) is 43.8 Å². The van der Waals surface area contributed by atoms with Crippen LogP contribution < -0.4 is 5.73 Å². The molecule has 2 fully saturated rings.